The third kappa shape index (κ3) is 3.00. The molecule has 3 rings (SSSR count). The summed E-state index contributed by atoms with van der Waals surface area (Å²) in [5, 5.41) is 9.34. The van der Waals surface area contributed by atoms with Crippen LogP contribution < -0.4 is 0 Å². The van der Waals surface area contributed by atoms with Crippen molar-refractivity contribution in [1.82, 2.24) is 4.31 Å². The van der Waals surface area contributed by atoms with Crippen LogP contribution in [-0.4, -0.2) is 37.5 Å². The smallest absolute Gasteiger partial charge is 0.243 e. The Morgan fingerprint density at radius 3 is 2.19 bits per heavy atom. The van der Waals surface area contributed by atoms with E-state index < -0.39 is 10.0 Å². The first kappa shape index (κ1) is 15.0. The molecule has 1 aliphatic heterocycles. The van der Waals surface area contributed by atoms with Gasteiger partial charge >= 0.3 is 0 Å². The van der Waals surface area contributed by atoms with Crippen LogP contribution in [0.25, 0.3) is 0 Å². The SMILES string of the molecule is Cc1ccc(S(=O)(=O)N2CC3CC(CO)CC(C3)C2)cc1. The van der Waals surface area contributed by atoms with Crippen molar-refractivity contribution in [2.24, 2.45) is 17.8 Å². The Morgan fingerprint density at radius 2 is 1.67 bits per heavy atom. The Hall–Kier alpha value is -0.910. The van der Waals surface area contributed by atoms with Crippen molar-refractivity contribution in [3.8, 4) is 0 Å². The van der Waals surface area contributed by atoms with Crippen LogP contribution in [0.4, 0.5) is 0 Å². The van der Waals surface area contributed by atoms with Crippen molar-refractivity contribution < 1.29 is 13.5 Å². The second-order valence-electron chi connectivity index (χ2n) is 6.62. The lowest BCUT2D eigenvalue weighted by Gasteiger charge is -2.43. The maximum absolute atomic E-state index is 12.8. The number of aryl methyl sites for hydroxylation is 1. The number of aliphatic hydroxyl groups is 1. The van der Waals surface area contributed by atoms with Gasteiger partial charge in [-0.25, -0.2) is 8.42 Å². The molecule has 1 saturated heterocycles. The molecule has 2 aliphatic rings. The number of hydrogen-bond donors (Lipinski definition) is 1. The van der Waals surface area contributed by atoms with Gasteiger partial charge in [0.25, 0.3) is 0 Å². The molecule has 1 saturated carbocycles. The van der Waals surface area contributed by atoms with E-state index in [0.717, 1.165) is 24.8 Å². The lowest BCUT2D eigenvalue weighted by molar-refractivity contribution is 0.0726. The van der Waals surface area contributed by atoms with Gasteiger partial charge in [-0.2, -0.15) is 4.31 Å². The Bertz CT molecular complexity index is 582. The van der Waals surface area contributed by atoms with Crippen LogP contribution in [-0.2, 0) is 10.0 Å². The Balaban J connectivity index is 1.80. The second-order valence-corrected chi connectivity index (χ2v) is 8.56. The predicted octanol–water partition coefficient (Wildman–Crippen LogP) is 2.02. The maximum Gasteiger partial charge on any atom is 0.243 e. The average Bonchev–Trinajstić information content (AvgIpc) is 2.46. The van der Waals surface area contributed by atoms with Crippen LogP contribution in [0.3, 0.4) is 0 Å². The van der Waals surface area contributed by atoms with E-state index in [1.165, 1.54) is 0 Å². The number of benzene rings is 1. The summed E-state index contributed by atoms with van der Waals surface area (Å²) in [6.45, 7) is 3.39. The zero-order valence-corrected chi connectivity index (χ0v) is 13.2. The standard InChI is InChI=1S/C16H23NO3S/c1-12-2-4-16(5-3-12)21(19,20)17-9-13-6-14(10-17)8-15(7-13)11-18/h2-5,13-15,18H,6-11H2,1H3. The van der Waals surface area contributed by atoms with E-state index in [1.54, 1.807) is 16.4 Å². The number of piperidine rings is 1. The zero-order chi connectivity index (χ0) is 15.0. The number of hydrogen-bond acceptors (Lipinski definition) is 3. The first-order valence-electron chi connectivity index (χ1n) is 7.66. The van der Waals surface area contributed by atoms with E-state index in [9.17, 15) is 13.5 Å². The Kier molecular flexibility index (Phi) is 4.08. The van der Waals surface area contributed by atoms with Crippen molar-refractivity contribution in [2.75, 3.05) is 19.7 Å². The molecular weight excluding hydrogens is 286 g/mol. The molecule has 2 bridgehead atoms. The molecule has 1 heterocycles. The monoisotopic (exact) mass is 309 g/mol. The van der Waals surface area contributed by atoms with E-state index >= 15 is 0 Å². The van der Waals surface area contributed by atoms with Gasteiger partial charge in [-0.05, 0) is 56.1 Å². The normalized spacial score (nSPS) is 30.3. The van der Waals surface area contributed by atoms with Crippen LogP contribution in [0, 0.1) is 24.7 Å². The fraction of sp³-hybridized carbons (Fsp3) is 0.625. The molecule has 0 aromatic heterocycles. The summed E-state index contributed by atoms with van der Waals surface area (Å²) in [4.78, 5) is 0.395. The fourth-order valence-electron chi connectivity index (χ4n) is 3.86. The molecule has 2 atom stereocenters. The first-order valence-corrected chi connectivity index (χ1v) is 9.10. The molecule has 1 N–H and O–H groups in total. The Morgan fingerprint density at radius 1 is 1.10 bits per heavy atom. The van der Waals surface area contributed by atoms with Gasteiger partial charge in [0, 0.05) is 19.7 Å². The molecule has 1 aromatic rings. The maximum atomic E-state index is 12.8. The molecule has 0 spiro atoms. The van der Waals surface area contributed by atoms with Crippen LogP contribution in [0.15, 0.2) is 29.2 Å². The molecule has 0 amide bonds. The van der Waals surface area contributed by atoms with E-state index in [4.69, 9.17) is 0 Å². The molecule has 5 heteroatoms. The molecule has 4 nitrogen and oxygen atoms in total. The summed E-state index contributed by atoms with van der Waals surface area (Å²) in [6, 6.07) is 7.09. The summed E-state index contributed by atoms with van der Waals surface area (Å²) in [5.41, 5.74) is 1.07. The number of fused-ring (bicyclic) bond motifs is 2. The number of rotatable bonds is 3. The summed E-state index contributed by atoms with van der Waals surface area (Å²) in [6.07, 6.45) is 3.01. The summed E-state index contributed by atoms with van der Waals surface area (Å²) < 4.78 is 27.2. The van der Waals surface area contributed by atoms with Crippen molar-refractivity contribution in [3.05, 3.63) is 29.8 Å². The fourth-order valence-corrected chi connectivity index (χ4v) is 5.45. The zero-order valence-electron chi connectivity index (χ0n) is 12.4. The van der Waals surface area contributed by atoms with Crippen LogP contribution in [0.1, 0.15) is 24.8 Å². The van der Waals surface area contributed by atoms with Gasteiger partial charge in [-0.15, -0.1) is 0 Å². The van der Waals surface area contributed by atoms with Gasteiger partial charge < -0.3 is 5.11 Å². The molecule has 0 radical (unpaired) electrons. The lowest BCUT2D eigenvalue weighted by atomic mass is 9.73. The van der Waals surface area contributed by atoms with Gasteiger partial charge in [0.1, 0.15) is 0 Å². The van der Waals surface area contributed by atoms with Crippen LogP contribution in [0.2, 0.25) is 0 Å². The minimum Gasteiger partial charge on any atom is -0.396 e. The summed E-state index contributed by atoms with van der Waals surface area (Å²) in [5.74, 6) is 1.16. The highest BCUT2D eigenvalue weighted by molar-refractivity contribution is 7.89. The molecule has 2 unspecified atom stereocenters. The highest BCUT2D eigenvalue weighted by Crippen LogP contribution is 2.39. The molecule has 21 heavy (non-hydrogen) atoms. The van der Waals surface area contributed by atoms with E-state index in [2.05, 4.69) is 0 Å². The van der Waals surface area contributed by atoms with Gasteiger partial charge in [-0.1, -0.05) is 17.7 Å². The van der Waals surface area contributed by atoms with Gasteiger partial charge in [0.2, 0.25) is 10.0 Å². The highest BCUT2D eigenvalue weighted by atomic mass is 32.2. The summed E-state index contributed by atoms with van der Waals surface area (Å²) >= 11 is 0. The van der Waals surface area contributed by atoms with Crippen molar-refractivity contribution in [1.29, 1.82) is 0 Å². The van der Waals surface area contributed by atoms with Crippen LogP contribution >= 0.6 is 0 Å². The third-order valence-electron chi connectivity index (χ3n) is 4.84. The second kappa shape index (κ2) is 5.71. The van der Waals surface area contributed by atoms with Gasteiger partial charge in [-0.3, -0.25) is 0 Å². The number of aliphatic hydroxyl groups excluding tert-OH is 1. The minimum atomic E-state index is -3.37. The number of sulfonamides is 1. The molecule has 1 aromatic carbocycles. The largest absolute Gasteiger partial charge is 0.396 e. The third-order valence-corrected chi connectivity index (χ3v) is 6.69. The van der Waals surface area contributed by atoms with E-state index in [1.807, 2.05) is 19.1 Å². The average molecular weight is 309 g/mol. The quantitative estimate of drug-likeness (QED) is 0.929. The lowest BCUT2D eigenvalue weighted by Crippen LogP contribution is -2.47. The first-order chi connectivity index (χ1) is 9.99. The minimum absolute atomic E-state index is 0.234. The van der Waals surface area contributed by atoms with Crippen molar-refractivity contribution >= 4 is 10.0 Å². The highest BCUT2D eigenvalue weighted by Gasteiger charge is 2.39. The van der Waals surface area contributed by atoms with Gasteiger partial charge in [0.15, 0.2) is 0 Å². The predicted molar refractivity (Wildman–Crippen MR) is 81.3 cm³/mol. The molecule has 1 aliphatic carbocycles. The van der Waals surface area contributed by atoms with E-state index in [-0.39, 0.29) is 6.61 Å². The van der Waals surface area contributed by atoms with Crippen molar-refractivity contribution in [3.63, 3.8) is 0 Å². The molecule has 116 valence electrons. The summed E-state index contributed by atoms with van der Waals surface area (Å²) in [7, 11) is -3.37. The Labute approximate surface area is 126 Å². The molecule has 2 fully saturated rings. The van der Waals surface area contributed by atoms with E-state index in [0.29, 0.717) is 35.7 Å². The number of nitrogens with zero attached hydrogens (tertiary/aromatic N) is 1. The topological polar surface area (TPSA) is 57.6 Å². The van der Waals surface area contributed by atoms with Crippen LogP contribution in [0.5, 0.6) is 0 Å². The van der Waals surface area contributed by atoms with Crippen molar-refractivity contribution in [2.45, 2.75) is 31.1 Å². The molecular formula is C16H23NO3S. The van der Waals surface area contributed by atoms with Gasteiger partial charge in [0.05, 0.1) is 4.90 Å².